The highest BCUT2D eigenvalue weighted by Gasteiger charge is 2.22. The molecule has 1 aliphatic rings. The first-order valence-corrected chi connectivity index (χ1v) is 6.67. The Morgan fingerprint density at radius 3 is 2.75 bits per heavy atom. The Kier molecular flexibility index (Phi) is 3.87. The normalized spacial score (nSPS) is 25.4. The molecule has 2 nitrogen and oxygen atoms in total. The number of aryl methyl sites for hydroxylation is 1. The molecule has 2 N–H and O–H groups in total. The van der Waals surface area contributed by atoms with Crippen molar-refractivity contribution in [1.29, 1.82) is 0 Å². The molecule has 1 aliphatic carbocycles. The maximum absolute atomic E-state index is 9.88. The number of aliphatic hydroxyl groups is 1. The van der Waals surface area contributed by atoms with E-state index in [0.717, 1.165) is 29.4 Å². The summed E-state index contributed by atoms with van der Waals surface area (Å²) < 4.78 is 1.13. The molecule has 1 saturated carbocycles. The molecule has 1 aromatic rings. The summed E-state index contributed by atoms with van der Waals surface area (Å²) in [5.74, 6) is 0. The van der Waals surface area contributed by atoms with Crippen LogP contribution in [0.2, 0.25) is 0 Å². The van der Waals surface area contributed by atoms with Crippen LogP contribution in [-0.2, 0) is 0 Å². The number of hydrogen-bond acceptors (Lipinski definition) is 2. The zero-order valence-corrected chi connectivity index (χ0v) is 11.1. The van der Waals surface area contributed by atoms with E-state index >= 15 is 0 Å². The minimum atomic E-state index is -0.197. The summed E-state index contributed by atoms with van der Waals surface area (Å²) in [4.78, 5) is 0. The molecule has 88 valence electrons. The number of nitrogens with one attached hydrogen (secondary N) is 1. The molecule has 2 rings (SSSR count). The lowest BCUT2D eigenvalue weighted by atomic mass is 9.92. The smallest absolute Gasteiger partial charge is 0.0741 e. The van der Waals surface area contributed by atoms with Crippen LogP contribution in [0.5, 0.6) is 0 Å². The largest absolute Gasteiger partial charge is 0.391 e. The highest BCUT2D eigenvalue weighted by Crippen LogP contribution is 2.25. The lowest BCUT2D eigenvalue weighted by molar-refractivity contribution is 0.116. The van der Waals surface area contributed by atoms with Crippen molar-refractivity contribution in [3.63, 3.8) is 0 Å². The van der Waals surface area contributed by atoms with Gasteiger partial charge in [0.05, 0.1) is 12.1 Å². The second kappa shape index (κ2) is 5.19. The zero-order chi connectivity index (χ0) is 11.5. The third-order valence-electron chi connectivity index (χ3n) is 3.24. The molecule has 0 amide bonds. The van der Waals surface area contributed by atoms with E-state index < -0.39 is 0 Å². The molecule has 2 atom stereocenters. The van der Waals surface area contributed by atoms with Gasteiger partial charge in [0.15, 0.2) is 0 Å². The summed E-state index contributed by atoms with van der Waals surface area (Å²) in [7, 11) is 0. The van der Waals surface area contributed by atoms with Crippen molar-refractivity contribution in [2.24, 2.45) is 0 Å². The van der Waals surface area contributed by atoms with E-state index in [-0.39, 0.29) is 12.1 Å². The first-order chi connectivity index (χ1) is 7.66. The maximum Gasteiger partial charge on any atom is 0.0741 e. The number of hydrogen-bond donors (Lipinski definition) is 2. The standard InChI is InChI=1S/C13H18BrNO/c1-9-8-10(6-7-11(9)14)15-12-4-2-3-5-13(12)16/h6-8,12-13,15-16H,2-5H2,1H3/t12-,13-/m1/s1. The average Bonchev–Trinajstić information content (AvgIpc) is 2.27. The highest BCUT2D eigenvalue weighted by atomic mass is 79.9. The Morgan fingerprint density at radius 1 is 1.31 bits per heavy atom. The van der Waals surface area contributed by atoms with Crippen molar-refractivity contribution in [2.45, 2.75) is 44.8 Å². The number of halogens is 1. The summed E-state index contributed by atoms with van der Waals surface area (Å²) in [6.45, 7) is 2.08. The van der Waals surface area contributed by atoms with Gasteiger partial charge < -0.3 is 10.4 Å². The zero-order valence-electron chi connectivity index (χ0n) is 9.54. The van der Waals surface area contributed by atoms with Crippen LogP contribution in [0.3, 0.4) is 0 Å². The Bertz CT molecular complexity index is 367. The third kappa shape index (κ3) is 2.77. The number of benzene rings is 1. The predicted octanol–water partition coefficient (Wildman–Crippen LogP) is 3.47. The van der Waals surface area contributed by atoms with E-state index in [1.165, 1.54) is 12.0 Å². The fourth-order valence-electron chi connectivity index (χ4n) is 2.23. The van der Waals surface area contributed by atoms with Crippen molar-refractivity contribution in [2.75, 3.05) is 5.32 Å². The maximum atomic E-state index is 9.88. The molecule has 1 aromatic carbocycles. The van der Waals surface area contributed by atoms with Crippen molar-refractivity contribution < 1.29 is 5.11 Å². The van der Waals surface area contributed by atoms with Crippen LogP contribution in [0.15, 0.2) is 22.7 Å². The monoisotopic (exact) mass is 283 g/mol. The summed E-state index contributed by atoms with van der Waals surface area (Å²) in [6, 6.07) is 6.44. The van der Waals surface area contributed by atoms with E-state index in [4.69, 9.17) is 0 Å². The first-order valence-electron chi connectivity index (χ1n) is 5.87. The molecule has 0 aliphatic heterocycles. The predicted molar refractivity (Wildman–Crippen MR) is 70.8 cm³/mol. The van der Waals surface area contributed by atoms with Gasteiger partial charge in [0.1, 0.15) is 0 Å². The van der Waals surface area contributed by atoms with Crippen LogP contribution in [0.1, 0.15) is 31.2 Å². The molecule has 0 radical (unpaired) electrons. The van der Waals surface area contributed by atoms with Gasteiger partial charge in [-0.15, -0.1) is 0 Å². The summed E-state index contributed by atoms with van der Waals surface area (Å²) in [6.07, 6.45) is 4.16. The van der Waals surface area contributed by atoms with Crippen LogP contribution < -0.4 is 5.32 Å². The van der Waals surface area contributed by atoms with E-state index in [1.54, 1.807) is 0 Å². The van der Waals surface area contributed by atoms with Gasteiger partial charge in [-0.25, -0.2) is 0 Å². The number of anilines is 1. The Balaban J connectivity index is 2.05. The average molecular weight is 284 g/mol. The molecular weight excluding hydrogens is 266 g/mol. The van der Waals surface area contributed by atoms with Crippen LogP contribution in [0, 0.1) is 6.92 Å². The topological polar surface area (TPSA) is 32.3 Å². The van der Waals surface area contributed by atoms with Crippen molar-refractivity contribution in [3.05, 3.63) is 28.2 Å². The minimum Gasteiger partial charge on any atom is -0.391 e. The van der Waals surface area contributed by atoms with Gasteiger partial charge in [0, 0.05) is 10.2 Å². The lowest BCUT2D eigenvalue weighted by Crippen LogP contribution is -2.36. The fourth-order valence-corrected chi connectivity index (χ4v) is 2.47. The lowest BCUT2D eigenvalue weighted by Gasteiger charge is -2.29. The fraction of sp³-hybridized carbons (Fsp3) is 0.538. The first kappa shape index (κ1) is 11.9. The summed E-state index contributed by atoms with van der Waals surface area (Å²) >= 11 is 3.49. The van der Waals surface area contributed by atoms with Crippen LogP contribution >= 0.6 is 15.9 Å². The van der Waals surface area contributed by atoms with Crippen molar-refractivity contribution >= 4 is 21.6 Å². The molecule has 0 unspecified atom stereocenters. The molecule has 0 bridgehead atoms. The Morgan fingerprint density at radius 2 is 2.06 bits per heavy atom. The molecule has 1 fully saturated rings. The van der Waals surface area contributed by atoms with Crippen LogP contribution in [0.25, 0.3) is 0 Å². The van der Waals surface area contributed by atoms with Crippen molar-refractivity contribution in [1.82, 2.24) is 0 Å². The van der Waals surface area contributed by atoms with Crippen LogP contribution in [0.4, 0.5) is 5.69 Å². The number of rotatable bonds is 2. The quantitative estimate of drug-likeness (QED) is 0.871. The van der Waals surface area contributed by atoms with Gasteiger partial charge in [-0.3, -0.25) is 0 Å². The molecular formula is C13H18BrNO. The summed E-state index contributed by atoms with van der Waals surface area (Å²) in [5.41, 5.74) is 2.32. The SMILES string of the molecule is Cc1cc(N[C@@H]2CCCC[C@H]2O)ccc1Br. The van der Waals surface area contributed by atoms with Crippen LogP contribution in [-0.4, -0.2) is 17.3 Å². The third-order valence-corrected chi connectivity index (χ3v) is 4.13. The molecule has 3 heteroatoms. The van der Waals surface area contributed by atoms with Gasteiger partial charge >= 0.3 is 0 Å². The van der Waals surface area contributed by atoms with Gasteiger partial charge in [0.2, 0.25) is 0 Å². The molecule has 0 saturated heterocycles. The summed E-state index contributed by atoms with van der Waals surface area (Å²) in [5, 5.41) is 13.3. The number of aliphatic hydroxyl groups excluding tert-OH is 1. The van der Waals surface area contributed by atoms with E-state index in [2.05, 4.69) is 40.3 Å². The molecule has 16 heavy (non-hydrogen) atoms. The minimum absolute atomic E-state index is 0.197. The Labute approximate surface area is 105 Å². The second-order valence-electron chi connectivity index (χ2n) is 4.57. The van der Waals surface area contributed by atoms with Gasteiger partial charge in [0.25, 0.3) is 0 Å². The van der Waals surface area contributed by atoms with E-state index in [0.29, 0.717) is 0 Å². The van der Waals surface area contributed by atoms with E-state index in [9.17, 15) is 5.11 Å². The molecule has 0 spiro atoms. The van der Waals surface area contributed by atoms with Crippen molar-refractivity contribution in [3.8, 4) is 0 Å². The van der Waals surface area contributed by atoms with Gasteiger partial charge in [-0.1, -0.05) is 28.8 Å². The highest BCUT2D eigenvalue weighted by molar-refractivity contribution is 9.10. The molecule has 0 heterocycles. The Hall–Kier alpha value is -0.540. The van der Waals surface area contributed by atoms with Gasteiger partial charge in [-0.2, -0.15) is 0 Å². The van der Waals surface area contributed by atoms with Gasteiger partial charge in [-0.05, 0) is 43.5 Å². The van der Waals surface area contributed by atoms with E-state index in [1.807, 2.05) is 6.07 Å². The molecule has 0 aromatic heterocycles. The second-order valence-corrected chi connectivity index (χ2v) is 5.42.